The largest absolute Gasteiger partial charge is 0.479 e. The van der Waals surface area contributed by atoms with E-state index in [1.165, 1.54) is 0 Å². The van der Waals surface area contributed by atoms with E-state index in [1.54, 1.807) is 0 Å². The van der Waals surface area contributed by atoms with E-state index in [0.29, 0.717) is 6.42 Å². The third kappa shape index (κ3) is 1.91. The second-order valence-electron chi connectivity index (χ2n) is 4.27. The molecule has 0 bridgehead atoms. The van der Waals surface area contributed by atoms with Crippen LogP contribution in [0.1, 0.15) is 32.1 Å². The van der Waals surface area contributed by atoms with E-state index in [4.69, 9.17) is 9.84 Å². The van der Waals surface area contributed by atoms with Crippen molar-refractivity contribution in [3.05, 3.63) is 0 Å². The van der Waals surface area contributed by atoms with Gasteiger partial charge in [-0.1, -0.05) is 0 Å². The minimum Gasteiger partial charge on any atom is -0.479 e. The van der Waals surface area contributed by atoms with Gasteiger partial charge in [0.15, 0.2) is 6.10 Å². The van der Waals surface area contributed by atoms with Crippen molar-refractivity contribution in [2.45, 2.75) is 43.8 Å². The number of hydrogen-bond acceptors (Lipinski definition) is 3. The molecule has 0 aromatic rings. The molecule has 2 rings (SSSR count). The number of ether oxygens (including phenoxy) is 1. The normalized spacial score (nSPS) is 31.6. The molecule has 1 atom stereocenters. The molecule has 14 heavy (non-hydrogen) atoms. The summed E-state index contributed by atoms with van der Waals surface area (Å²) in [5.74, 6) is -0.803. The third-order valence-electron chi connectivity index (χ3n) is 3.28. The smallest absolute Gasteiger partial charge is 0.332 e. The molecule has 2 saturated heterocycles. The van der Waals surface area contributed by atoms with Crippen LogP contribution in [0.5, 0.6) is 0 Å². The molecule has 2 fully saturated rings. The zero-order valence-corrected chi connectivity index (χ0v) is 8.29. The molecule has 80 valence electrons. The van der Waals surface area contributed by atoms with Crippen LogP contribution >= 0.6 is 0 Å². The lowest BCUT2D eigenvalue weighted by Gasteiger charge is -2.42. The van der Waals surface area contributed by atoms with Gasteiger partial charge in [0.25, 0.3) is 0 Å². The average Bonchev–Trinajstić information content (AvgIpc) is 2.19. The summed E-state index contributed by atoms with van der Waals surface area (Å²) in [6.45, 7) is 1.90. The second-order valence-corrected chi connectivity index (χ2v) is 4.27. The van der Waals surface area contributed by atoms with Gasteiger partial charge in [0.05, 0.1) is 5.60 Å². The highest BCUT2D eigenvalue weighted by atomic mass is 16.5. The Morgan fingerprint density at radius 3 is 2.71 bits per heavy atom. The zero-order chi connectivity index (χ0) is 10.0. The zero-order valence-electron chi connectivity index (χ0n) is 8.29. The highest BCUT2D eigenvalue weighted by molar-refractivity contribution is 5.72. The van der Waals surface area contributed by atoms with Gasteiger partial charge in [-0.25, -0.2) is 4.79 Å². The van der Waals surface area contributed by atoms with Crippen LogP contribution in [0, 0.1) is 0 Å². The van der Waals surface area contributed by atoms with E-state index in [-0.39, 0.29) is 5.60 Å². The summed E-state index contributed by atoms with van der Waals surface area (Å²) in [6, 6.07) is 0. The van der Waals surface area contributed by atoms with Crippen LogP contribution in [-0.4, -0.2) is 35.9 Å². The molecule has 0 amide bonds. The highest BCUT2D eigenvalue weighted by Gasteiger charge is 2.40. The van der Waals surface area contributed by atoms with Crippen LogP contribution < -0.4 is 5.32 Å². The minimum atomic E-state index is -0.803. The van der Waals surface area contributed by atoms with E-state index in [0.717, 1.165) is 38.8 Å². The lowest BCUT2D eigenvalue weighted by atomic mass is 9.84. The topological polar surface area (TPSA) is 58.6 Å². The Morgan fingerprint density at radius 2 is 2.07 bits per heavy atom. The van der Waals surface area contributed by atoms with Crippen molar-refractivity contribution in [2.24, 2.45) is 0 Å². The molecular formula is C10H17NO3. The first-order valence-corrected chi connectivity index (χ1v) is 5.33. The molecule has 4 nitrogen and oxygen atoms in total. The second kappa shape index (κ2) is 3.87. The van der Waals surface area contributed by atoms with Crippen molar-refractivity contribution in [1.82, 2.24) is 5.32 Å². The van der Waals surface area contributed by atoms with Crippen LogP contribution in [0.4, 0.5) is 0 Å². The Kier molecular flexibility index (Phi) is 2.74. The van der Waals surface area contributed by atoms with Gasteiger partial charge in [-0.3, -0.25) is 0 Å². The summed E-state index contributed by atoms with van der Waals surface area (Å²) in [5, 5.41) is 12.2. The molecule has 1 spiro atoms. The summed E-state index contributed by atoms with van der Waals surface area (Å²) in [7, 11) is 0. The minimum absolute atomic E-state index is 0.132. The van der Waals surface area contributed by atoms with Crippen molar-refractivity contribution in [3.8, 4) is 0 Å². The van der Waals surface area contributed by atoms with Gasteiger partial charge in [-0.2, -0.15) is 0 Å². The molecule has 0 aromatic heterocycles. The van der Waals surface area contributed by atoms with Crippen LogP contribution in [0.15, 0.2) is 0 Å². The standard InChI is InChI=1S/C10H17NO3/c12-9(13)8-2-1-3-10(14-8)4-6-11-7-5-10/h8,11H,1-7H2,(H,12,13). The summed E-state index contributed by atoms with van der Waals surface area (Å²) in [6.07, 6.45) is 4.02. The summed E-state index contributed by atoms with van der Waals surface area (Å²) < 4.78 is 5.74. The lowest BCUT2D eigenvalue weighted by Crippen LogP contribution is -2.49. The molecular weight excluding hydrogens is 182 g/mol. The number of piperidine rings is 1. The van der Waals surface area contributed by atoms with E-state index in [1.807, 2.05) is 0 Å². The Hall–Kier alpha value is -0.610. The maximum atomic E-state index is 10.8. The first kappa shape index (κ1) is 9.93. The van der Waals surface area contributed by atoms with Crippen LogP contribution in [-0.2, 0) is 9.53 Å². The summed E-state index contributed by atoms with van der Waals surface area (Å²) in [5.41, 5.74) is -0.132. The SMILES string of the molecule is O=C(O)C1CCCC2(CCNCC2)O1. The number of hydrogen-bond donors (Lipinski definition) is 2. The number of carbonyl (C=O) groups is 1. The van der Waals surface area contributed by atoms with Crippen LogP contribution in [0.25, 0.3) is 0 Å². The van der Waals surface area contributed by atoms with Gasteiger partial charge in [-0.15, -0.1) is 0 Å². The maximum absolute atomic E-state index is 10.8. The van der Waals surface area contributed by atoms with E-state index >= 15 is 0 Å². The van der Waals surface area contributed by atoms with Crippen molar-refractivity contribution in [3.63, 3.8) is 0 Å². The first-order chi connectivity index (χ1) is 6.72. The van der Waals surface area contributed by atoms with Gasteiger partial charge in [0, 0.05) is 0 Å². The molecule has 4 heteroatoms. The van der Waals surface area contributed by atoms with Gasteiger partial charge in [0.1, 0.15) is 0 Å². The average molecular weight is 199 g/mol. The lowest BCUT2D eigenvalue weighted by molar-refractivity contribution is -0.179. The van der Waals surface area contributed by atoms with Gasteiger partial charge in [0.2, 0.25) is 0 Å². The molecule has 2 aliphatic rings. The molecule has 2 aliphatic heterocycles. The van der Waals surface area contributed by atoms with Crippen LogP contribution in [0.3, 0.4) is 0 Å². The fourth-order valence-corrected chi connectivity index (χ4v) is 2.45. The number of nitrogens with one attached hydrogen (secondary N) is 1. The Labute approximate surface area is 83.6 Å². The fraction of sp³-hybridized carbons (Fsp3) is 0.900. The first-order valence-electron chi connectivity index (χ1n) is 5.33. The number of carboxylic acid groups (broad SMARTS) is 1. The van der Waals surface area contributed by atoms with Crippen molar-refractivity contribution in [1.29, 1.82) is 0 Å². The van der Waals surface area contributed by atoms with E-state index in [9.17, 15) is 4.79 Å². The van der Waals surface area contributed by atoms with Gasteiger partial charge >= 0.3 is 5.97 Å². The van der Waals surface area contributed by atoms with Gasteiger partial charge in [-0.05, 0) is 45.2 Å². The number of carboxylic acids is 1. The molecule has 0 aromatic carbocycles. The van der Waals surface area contributed by atoms with Crippen molar-refractivity contribution in [2.75, 3.05) is 13.1 Å². The number of rotatable bonds is 1. The van der Waals surface area contributed by atoms with Gasteiger partial charge < -0.3 is 15.2 Å². The molecule has 0 saturated carbocycles. The molecule has 2 heterocycles. The molecule has 2 N–H and O–H groups in total. The number of aliphatic carboxylic acids is 1. The van der Waals surface area contributed by atoms with Crippen molar-refractivity contribution >= 4 is 5.97 Å². The maximum Gasteiger partial charge on any atom is 0.332 e. The molecule has 0 aliphatic carbocycles. The molecule has 0 radical (unpaired) electrons. The summed E-state index contributed by atoms with van der Waals surface area (Å²) in [4.78, 5) is 10.8. The monoisotopic (exact) mass is 199 g/mol. The van der Waals surface area contributed by atoms with E-state index in [2.05, 4.69) is 5.32 Å². The highest BCUT2D eigenvalue weighted by Crippen LogP contribution is 2.35. The predicted octanol–water partition coefficient (Wildman–Crippen LogP) is 0.762. The van der Waals surface area contributed by atoms with E-state index < -0.39 is 12.1 Å². The molecule has 1 unspecified atom stereocenters. The predicted molar refractivity (Wildman–Crippen MR) is 51.2 cm³/mol. The van der Waals surface area contributed by atoms with Crippen LogP contribution in [0.2, 0.25) is 0 Å². The fourth-order valence-electron chi connectivity index (χ4n) is 2.45. The Morgan fingerprint density at radius 1 is 1.36 bits per heavy atom. The quantitative estimate of drug-likeness (QED) is 0.654. The Balaban J connectivity index is 2.01. The van der Waals surface area contributed by atoms with Crippen molar-refractivity contribution < 1.29 is 14.6 Å². The summed E-state index contributed by atoms with van der Waals surface area (Å²) >= 11 is 0. The third-order valence-corrected chi connectivity index (χ3v) is 3.28. The Bertz CT molecular complexity index is 218.